The van der Waals surface area contributed by atoms with Gasteiger partial charge in [0.2, 0.25) is 0 Å². The molecule has 0 saturated carbocycles. The van der Waals surface area contributed by atoms with Crippen LogP contribution >= 0.6 is 0 Å². The monoisotopic (exact) mass is 267 g/mol. The Kier molecular flexibility index (Phi) is 3.74. The largest absolute Gasteiger partial charge is 0.329 e. The summed E-state index contributed by atoms with van der Waals surface area (Å²) in [6, 6.07) is 13.9. The highest BCUT2D eigenvalue weighted by atomic mass is 16.2. The fraction of sp³-hybridized carbons (Fsp3) is 0.250. The van der Waals surface area contributed by atoms with E-state index < -0.39 is 0 Å². The molecule has 0 aliphatic carbocycles. The minimum absolute atomic E-state index is 0.0495. The molecule has 0 spiro atoms. The molecule has 1 aromatic carbocycles. The summed E-state index contributed by atoms with van der Waals surface area (Å²) < 4.78 is 0. The molecule has 4 nitrogen and oxygen atoms in total. The van der Waals surface area contributed by atoms with Gasteiger partial charge in [-0.2, -0.15) is 0 Å². The predicted molar refractivity (Wildman–Crippen MR) is 77.3 cm³/mol. The zero-order valence-electron chi connectivity index (χ0n) is 11.2. The number of aromatic nitrogens is 1. The van der Waals surface area contributed by atoms with Gasteiger partial charge in [-0.15, -0.1) is 0 Å². The number of rotatable bonds is 2. The summed E-state index contributed by atoms with van der Waals surface area (Å²) in [4.78, 5) is 18.6. The minimum atomic E-state index is 0.0495. The standard InChI is InChI=1S/C16H17N3O/c20-16(14-7-4-8-17-11-14)19-10-9-18-12-15(19)13-5-2-1-3-6-13/h1-8,11,15,18H,9-10,12H2. The molecule has 2 heterocycles. The van der Waals surface area contributed by atoms with Crippen molar-refractivity contribution in [2.24, 2.45) is 0 Å². The Balaban J connectivity index is 1.88. The molecule has 2 aromatic rings. The van der Waals surface area contributed by atoms with Gasteiger partial charge >= 0.3 is 0 Å². The molecular formula is C16H17N3O. The number of pyridine rings is 1. The molecule has 1 atom stereocenters. The van der Waals surface area contributed by atoms with E-state index in [0.717, 1.165) is 18.7 Å². The molecule has 4 heteroatoms. The van der Waals surface area contributed by atoms with Crippen LogP contribution in [-0.2, 0) is 0 Å². The second kappa shape index (κ2) is 5.84. The molecule has 0 bridgehead atoms. The van der Waals surface area contributed by atoms with Gasteiger partial charge in [-0.25, -0.2) is 0 Å². The van der Waals surface area contributed by atoms with Crippen molar-refractivity contribution < 1.29 is 4.79 Å². The minimum Gasteiger partial charge on any atom is -0.329 e. The molecule has 3 rings (SSSR count). The third-order valence-electron chi connectivity index (χ3n) is 3.60. The number of piperazine rings is 1. The Hall–Kier alpha value is -2.20. The first-order valence-electron chi connectivity index (χ1n) is 6.83. The molecule has 20 heavy (non-hydrogen) atoms. The number of nitrogens with one attached hydrogen (secondary N) is 1. The lowest BCUT2D eigenvalue weighted by Gasteiger charge is -2.36. The molecular weight excluding hydrogens is 250 g/mol. The lowest BCUT2D eigenvalue weighted by Crippen LogP contribution is -2.48. The van der Waals surface area contributed by atoms with Crippen molar-refractivity contribution in [3.05, 3.63) is 66.0 Å². The van der Waals surface area contributed by atoms with Crippen molar-refractivity contribution in [2.45, 2.75) is 6.04 Å². The number of carbonyl (C=O) groups excluding carboxylic acids is 1. The molecule has 1 amide bonds. The molecule has 1 aliphatic heterocycles. The van der Waals surface area contributed by atoms with Crippen LogP contribution in [0.15, 0.2) is 54.9 Å². The number of hydrogen-bond acceptors (Lipinski definition) is 3. The summed E-state index contributed by atoms with van der Waals surface area (Å²) >= 11 is 0. The number of hydrogen-bond donors (Lipinski definition) is 1. The zero-order valence-corrected chi connectivity index (χ0v) is 11.2. The van der Waals surface area contributed by atoms with Crippen molar-refractivity contribution >= 4 is 5.91 Å². The van der Waals surface area contributed by atoms with Crippen LogP contribution in [0.2, 0.25) is 0 Å². The molecule has 102 valence electrons. The van der Waals surface area contributed by atoms with Crippen molar-refractivity contribution in [2.75, 3.05) is 19.6 Å². The van der Waals surface area contributed by atoms with Crippen molar-refractivity contribution in [1.29, 1.82) is 0 Å². The van der Waals surface area contributed by atoms with Gasteiger partial charge in [-0.05, 0) is 17.7 Å². The Morgan fingerprint density at radius 3 is 2.80 bits per heavy atom. The summed E-state index contributed by atoms with van der Waals surface area (Å²) in [5.41, 5.74) is 1.81. The average Bonchev–Trinajstić information content (AvgIpc) is 2.56. The second-order valence-corrected chi connectivity index (χ2v) is 4.87. The van der Waals surface area contributed by atoms with Crippen molar-refractivity contribution in [1.82, 2.24) is 15.2 Å². The van der Waals surface area contributed by atoms with Crippen LogP contribution in [0.4, 0.5) is 0 Å². The molecule has 1 unspecified atom stereocenters. The Morgan fingerprint density at radius 1 is 1.20 bits per heavy atom. The predicted octanol–water partition coefficient (Wildman–Crippen LogP) is 1.87. The van der Waals surface area contributed by atoms with Gasteiger partial charge in [0, 0.05) is 32.0 Å². The molecule has 1 N–H and O–H groups in total. The lowest BCUT2D eigenvalue weighted by molar-refractivity contribution is 0.0634. The van der Waals surface area contributed by atoms with E-state index in [-0.39, 0.29) is 11.9 Å². The van der Waals surface area contributed by atoms with Gasteiger partial charge in [-0.3, -0.25) is 9.78 Å². The van der Waals surface area contributed by atoms with Gasteiger partial charge in [0.1, 0.15) is 0 Å². The topological polar surface area (TPSA) is 45.2 Å². The van der Waals surface area contributed by atoms with E-state index in [1.165, 1.54) is 0 Å². The number of amides is 1. The fourth-order valence-electron chi connectivity index (χ4n) is 2.58. The summed E-state index contributed by atoms with van der Waals surface area (Å²) in [7, 11) is 0. The average molecular weight is 267 g/mol. The first-order valence-corrected chi connectivity index (χ1v) is 6.83. The van der Waals surface area contributed by atoms with Crippen LogP contribution in [-0.4, -0.2) is 35.4 Å². The van der Waals surface area contributed by atoms with Gasteiger partial charge in [0.15, 0.2) is 0 Å². The highest BCUT2D eigenvalue weighted by Gasteiger charge is 2.28. The van der Waals surface area contributed by atoms with E-state index in [0.29, 0.717) is 12.1 Å². The van der Waals surface area contributed by atoms with E-state index in [4.69, 9.17) is 0 Å². The third kappa shape index (κ3) is 2.56. The van der Waals surface area contributed by atoms with Crippen LogP contribution in [0.25, 0.3) is 0 Å². The van der Waals surface area contributed by atoms with Gasteiger partial charge in [0.25, 0.3) is 5.91 Å². The van der Waals surface area contributed by atoms with E-state index in [2.05, 4.69) is 22.4 Å². The Labute approximate surface area is 118 Å². The van der Waals surface area contributed by atoms with Crippen LogP contribution in [0.5, 0.6) is 0 Å². The summed E-state index contributed by atoms with van der Waals surface area (Å²) in [6.45, 7) is 2.33. The first-order chi connectivity index (χ1) is 9.86. The van der Waals surface area contributed by atoms with Crippen molar-refractivity contribution in [3.8, 4) is 0 Å². The van der Waals surface area contributed by atoms with E-state index in [9.17, 15) is 4.79 Å². The van der Waals surface area contributed by atoms with Crippen LogP contribution < -0.4 is 5.32 Å². The zero-order chi connectivity index (χ0) is 13.8. The lowest BCUT2D eigenvalue weighted by atomic mass is 10.0. The molecule has 0 radical (unpaired) electrons. The normalized spacial score (nSPS) is 18.8. The molecule has 1 fully saturated rings. The highest BCUT2D eigenvalue weighted by molar-refractivity contribution is 5.94. The second-order valence-electron chi connectivity index (χ2n) is 4.87. The first kappa shape index (κ1) is 12.8. The highest BCUT2D eigenvalue weighted by Crippen LogP contribution is 2.23. The molecule has 1 saturated heterocycles. The van der Waals surface area contributed by atoms with E-state index >= 15 is 0 Å². The number of nitrogens with zero attached hydrogens (tertiary/aromatic N) is 2. The Morgan fingerprint density at radius 2 is 2.05 bits per heavy atom. The van der Waals surface area contributed by atoms with E-state index in [1.807, 2.05) is 29.2 Å². The van der Waals surface area contributed by atoms with Crippen molar-refractivity contribution in [3.63, 3.8) is 0 Å². The third-order valence-corrected chi connectivity index (χ3v) is 3.60. The summed E-state index contributed by atoms with van der Waals surface area (Å²) in [6.07, 6.45) is 3.32. The smallest absolute Gasteiger partial charge is 0.256 e. The maximum Gasteiger partial charge on any atom is 0.256 e. The van der Waals surface area contributed by atoms with Gasteiger partial charge in [-0.1, -0.05) is 30.3 Å². The number of benzene rings is 1. The quantitative estimate of drug-likeness (QED) is 0.903. The SMILES string of the molecule is O=C(c1cccnc1)N1CCNCC1c1ccccc1. The molecule has 1 aromatic heterocycles. The molecule has 1 aliphatic rings. The summed E-state index contributed by atoms with van der Waals surface area (Å²) in [5.74, 6) is 0.0495. The number of carbonyl (C=O) groups is 1. The maximum absolute atomic E-state index is 12.6. The van der Waals surface area contributed by atoms with Crippen LogP contribution in [0.3, 0.4) is 0 Å². The summed E-state index contributed by atoms with van der Waals surface area (Å²) in [5, 5.41) is 3.36. The fourth-order valence-corrected chi connectivity index (χ4v) is 2.58. The van der Waals surface area contributed by atoms with Gasteiger partial charge in [0.05, 0.1) is 11.6 Å². The Bertz CT molecular complexity index is 571. The maximum atomic E-state index is 12.6. The van der Waals surface area contributed by atoms with Crippen LogP contribution in [0.1, 0.15) is 22.0 Å². The van der Waals surface area contributed by atoms with E-state index in [1.54, 1.807) is 18.5 Å². The van der Waals surface area contributed by atoms with Gasteiger partial charge < -0.3 is 10.2 Å². The van der Waals surface area contributed by atoms with Crippen LogP contribution in [0, 0.1) is 0 Å².